The number of phenolic OH excluding ortho intramolecular Hbond substituents is 2. The van der Waals surface area contributed by atoms with Gasteiger partial charge in [0.1, 0.15) is 11.5 Å². The number of aromatic nitrogens is 3. The van der Waals surface area contributed by atoms with Crippen molar-refractivity contribution in [3.8, 4) is 28.6 Å². The lowest BCUT2D eigenvalue weighted by molar-refractivity contribution is -0.129. The van der Waals surface area contributed by atoms with Crippen molar-refractivity contribution in [2.75, 3.05) is 6.54 Å². The van der Waals surface area contributed by atoms with Crippen LogP contribution in [0.3, 0.4) is 0 Å². The molecule has 0 aliphatic rings. The molecule has 0 aliphatic carbocycles. The first-order valence-electron chi connectivity index (χ1n) is 10.3. The second-order valence-electron chi connectivity index (χ2n) is 7.71. The highest BCUT2D eigenvalue weighted by molar-refractivity contribution is 5.94. The average Bonchev–Trinajstić information content (AvgIpc) is 3.17. The zero-order valence-corrected chi connectivity index (χ0v) is 18.1. The molecule has 0 saturated carbocycles. The summed E-state index contributed by atoms with van der Waals surface area (Å²) in [6.07, 6.45) is 0.434. The number of benzene rings is 2. The van der Waals surface area contributed by atoms with E-state index in [4.69, 9.17) is 5.21 Å². The Hall–Kier alpha value is -4.12. The number of hydroxylamine groups is 1. The van der Waals surface area contributed by atoms with Gasteiger partial charge in [-0.3, -0.25) is 14.8 Å². The summed E-state index contributed by atoms with van der Waals surface area (Å²) in [7, 11) is 0. The third-order valence-electron chi connectivity index (χ3n) is 5.06. The first kappa shape index (κ1) is 23.5. The summed E-state index contributed by atoms with van der Waals surface area (Å²) >= 11 is 0. The number of carbonyl (C=O) groups is 2. The summed E-state index contributed by atoms with van der Waals surface area (Å²) < 4.78 is 1.26. The van der Waals surface area contributed by atoms with E-state index in [0.29, 0.717) is 23.2 Å². The Labute approximate surface area is 188 Å². The highest BCUT2D eigenvalue weighted by atomic mass is 16.5. The zero-order valence-electron chi connectivity index (χ0n) is 18.1. The molecular formula is C22H25N5O6. The SMILES string of the molecule is CC(C)c1cc(-c2n[nH]c(=O)n2-c2ccc(C(=O)NCCCC(=O)NO)cc2)c(O)cc1O. The van der Waals surface area contributed by atoms with Crippen LogP contribution >= 0.6 is 0 Å². The minimum Gasteiger partial charge on any atom is -0.508 e. The van der Waals surface area contributed by atoms with Crippen LogP contribution in [0.15, 0.2) is 41.2 Å². The molecule has 3 rings (SSSR count). The summed E-state index contributed by atoms with van der Waals surface area (Å²) in [6, 6.07) is 8.99. The summed E-state index contributed by atoms with van der Waals surface area (Å²) in [5, 5.41) is 38.0. The van der Waals surface area contributed by atoms with Gasteiger partial charge in [0.25, 0.3) is 5.91 Å². The van der Waals surface area contributed by atoms with Crippen molar-refractivity contribution in [2.24, 2.45) is 0 Å². The second kappa shape index (κ2) is 10.0. The van der Waals surface area contributed by atoms with E-state index < -0.39 is 11.6 Å². The van der Waals surface area contributed by atoms with Gasteiger partial charge in [-0.15, -0.1) is 0 Å². The van der Waals surface area contributed by atoms with Crippen LogP contribution in [0.5, 0.6) is 11.5 Å². The summed E-state index contributed by atoms with van der Waals surface area (Å²) in [5.74, 6) is -1.05. The number of aromatic amines is 1. The van der Waals surface area contributed by atoms with Crippen molar-refractivity contribution in [3.05, 3.63) is 58.0 Å². The molecule has 0 fully saturated rings. The van der Waals surface area contributed by atoms with Crippen molar-refractivity contribution in [2.45, 2.75) is 32.6 Å². The van der Waals surface area contributed by atoms with Gasteiger partial charge in [-0.25, -0.2) is 19.9 Å². The van der Waals surface area contributed by atoms with Crippen LogP contribution in [-0.4, -0.2) is 48.5 Å². The quantitative estimate of drug-likeness (QED) is 0.171. The molecule has 11 nitrogen and oxygen atoms in total. The number of amides is 2. The Kier molecular flexibility index (Phi) is 7.13. The second-order valence-corrected chi connectivity index (χ2v) is 7.71. The van der Waals surface area contributed by atoms with Crippen LogP contribution in [-0.2, 0) is 4.79 Å². The number of rotatable bonds is 8. The summed E-state index contributed by atoms with van der Waals surface area (Å²) in [4.78, 5) is 35.7. The lowest BCUT2D eigenvalue weighted by atomic mass is 9.98. The minimum atomic E-state index is -0.539. The first-order valence-corrected chi connectivity index (χ1v) is 10.3. The van der Waals surface area contributed by atoms with E-state index in [0.717, 1.165) is 0 Å². The molecule has 2 aromatic carbocycles. The third kappa shape index (κ3) is 5.21. The Balaban J connectivity index is 1.84. The Morgan fingerprint density at radius 1 is 1.12 bits per heavy atom. The molecule has 33 heavy (non-hydrogen) atoms. The van der Waals surface area contributed by atoms with Gasteiger partial charge in [0.15, 0.2) is 5.82 Å². The fourth-order valence-corrected chi connectivity index (χ4v) is 3.32. The summed E-state index contributed by atoms with van der Waals surface area (Å²) in [6.45, 7) is 4.02. The maximum Gasteiger partial charge on any atom is 0.348 e. The van der Waals surface area contributed by atoms with Gasteiger partial charge in [0, 0.05) is 24.6 Å². The van der Waals surface area contributed by atoms with Gasteiger partial charge in [0.05, 0.1) is 11.3 Å². The largest absolute Gasteiger partial charge is 0.508 e. The van der Waals surface area contributed by atoms with E-state index >= 15 is 0 Å². The van der Waals surface area contributed by atoms with Crippen molar-refractivity contribution in [1.82, 2.24) is 25.6 Å². The molecule has 0 aliphatic heterocycles. The first-order chi connectivity index (χ1) is 15.7. The van der Waals surface area contributed by atoms with E-state index in [2.05, 4.69) is 15.5 Å². The standard InChI is InChI=1S/C22H25N5O6/c1-12(2)15-10-16(18(29)11-17(15)28)20-24-25-22(32)27(20)14-7-5-13(6-8-14)21(31)23-9-3-4-19(30)26-33/h5-8,10-12,28-29,33H,3-4,9H2,1-2H3,(H,23,31)(H,25,32)(H,26,30). The molecule has 0 radical (unpaired) electrons. The van der Waals surface area contributed by atoms with E-state index in [9.17, 15) is 24.6 Å². The van der Waals surface area contributed by atoms with Gasteiger partial charge in [-0.1, -0.05) is 13.8 Å². The molecule has 1 heterocycles. The fourth-order valence-electron chi connectivity index (χ4n) is 3.32. The maximum atomic E-state index is 12.5. The third-order valence-corrected chi connectivity index (χ3v) is 5.06. The molecular weight excluding hydrogens is 430 g/mol. The number of H-pyrrole nitrogens is 1. The Bertz CT molecular complexity index is 1210. The minimum absolute atomic E-state index is 0.0284. The topological polar surface area (TPSA) is 170 Å². The lowest BCUT2D eigenvalue weighted by Gasteiger charge is -2.13. The molecule has 0 unspecified atom stereocenters. The number of phenols is 2. The van der Waals surface area contributed by atoms with Crippen LogP contribution < -0.4 is 16.5 Å². The van der Waals surface area contributed by atoms with Gasteiger partial charge in [0.2, 0.25) is 5.91 Å². The van der Waals surface area contributed by atoms with Crippen LogP contribution in [0.2, 0.25) is 0 Å². The number of nitrogens with zero attached hydrogens (tertiary/aromatic N) is 2. The molecule has 6 N–H and O–H groups in total. The molecule has 3 aromatic rings. The predicted octanol–water partition coefficient (Wildman–Crippen LogP) is 1.78. The molecule has 0 spiro atoms. The van der Waals surface area contributed by atoms with Gasteiger partial charge in [-0.2, -0.15) is 5.10 Å². The van der Waals surface area contributed by atoms with Gasteiger partial charge >= 0.3 is 5.69 Å². The number of nitrogens with one attached hydrogen (secondary N) is 3. The smallest absolute Gasteiger partial charge is 0.348 e. The van der Waals surface area contributed by atoms with Crippen LogP contribution in [0.4, 0.5) is 0 Å². The molecule has 1 aromatic heterocycles. The monoisotopic (exact) mass is 455 g/mol. The van der Waals surface area contributed by atoms with Crippen molar-refractivity contribution in [3.63, 3.8) is 0 Å². The zero-order chi connectivity index (χ0) is 24.1. The van der Waals surface area contributed by atoms with Crippen LogP contribution in [0.25, 0.3) is 17.1 Å². The maximum absolute atomic E-state index is 12.5. The van der Waals surface area contributed by atoms with Crippen LogP contribution in [0, 0.1) is 0 Å². The van der Waals surface area contributed by atoms with E-state index in [-0.39, 0.29) is 47.7 Å². The van der Waals surface area contributed by atoms with Crippen LogP contribution in [0.1, 0.15) is 48.5 Å². The highest BCUT2D eigenvalue weighted by Gasteiger charge is 2.19. The lowest BCUT2D eigenvalue weighted by Crippen LogP contribution is -2.26. The van der Waals surface area contributed by atoms with Crippen molar-refractivity contribution in [1.29, 1.82) is 0 Å². The number of hydrogen-bond acceptors (Lipinski definition) is 7. The Morgan fingerprint density at radius 2 is 1.82 bits per heavy atom. The van der Waals surface area contributed by atoms with E-state index in [1.54, 1.807) is 18.2 Å². The van der Waals surface area contributed by atoms with E-state index in [1.807, 2.05) is 13.8 Å². The highest BCUT2D eigenvalue weighted by Crippen LogP contribution is 2.37. The normalized spacial score (nSPS) is 10.9. The number of hydrogen-bond donors (Lipinski definition) is 6. The molecule has 11 heteroatoms. The fraction of sp³-hybridized carbons (Fsp3) is 0.273. The van der Waals surface area contributed by atoms with Gasteiger partial charge < -0.3 is 15.5 Å². The molecule has 0 bridgehead atoms. The molecule has 2 amide bonds. The van der Waals surface area contributed by atoms with Gasteiger partial charge in [-0.05, 0) is 48.2 Å². The average molecular weight is 455 g/mol. The number of carbonyl (C=O) groups excluding carboxylic acids is 2. The predicted molar refractivity (Wildman–Crippen MR) is 119 cm³/mol. The van der Waals surface area contributed by atoms with E-state index in [1.165, 1.54) is 28.2 Å². The van der Waals surface area contributed by atoms with Crippen molar-refractivity contribution < 1.29 is 25.0 Å². The Morgan fingerprint density at radius 3 is 2.45 bits per heavy atom. The molecule has 0 saturated heterocycles. The molecule has 0 atom stereocenters. The van der Waals surface area contributed by atoms with Crippen molar-refractivity contribution >= 4 is 11.8 Å². The number of aromatic hydroxyl groups is 2. The summed E-state index contributed by atoms with van der Waals surface area (Å²) in [5.41, 5.74) is 2.60. The molecule has 174 valence electrons.